The molecular formula is C13H17ClN2O3. The van der Waals surface area contributed by atoms with Crippen molar-refractivity contribution in [1.29, 1.82) is 0 Å². The predicted molar refractivity (Wildman–Crippen MR) is 73.2 cm³/mol. The lowest BCUT2D eigenvalue weighted by Gasteiger charge is -2.32. The Kier molecular flexibility index (Phi) is 4.17. The first kappa shape index (κ1) is 14.0. The van der Waals surface area contributed by atoms with Gasteiger partial charge in [0.25, 0.3) is 5.91 Å². The number of nitrogens with zero attached hydrogens (tertiary/aromatic N) is 1. The molecule has 1 amide bonds. The van der Waals surface area contributed by atoms with Crippen molar-refractivity contribution in [2.45, 2.75) is 13.0 Å². The van der Waals surface area contributed by atoms with E-state index < -0.39 is 0 Å². The molecule has 1 fully saturated rings. The van der Waals surface area contributed by atoms with Gasteiger partial charge in [0, 0.05) is 31.2 Å². The van der Waals surface area contributed by atoms with Gasteiger partial charge in [-0.1, -0.05) is 0 Å². The zero-order chi connectivity index (χ0) is 12.5. The minimum absolute atomic E-state index is 0. The average molecular weight is 285 g/mol. The minimum Gasteiger partial charge on any atom is -0.454 e. The summed E-state index contributed by atoms with van der Waals surface area (Å²) in [6, 6.07) is 5.69. The number of rotatable bonds is 1. The van der Waals surface area contributed by atoms with Gasteiger partial charge in [0.15, 0.2) is 11.5 Å². The van der Waals surface area contributed by atoms with Crippen LogP contribution in [0.25, 0.3) is 0 Å². The number of carbonyl (C=O) groups is 1. The van der Waals surface area contributed by atoms with Crippen LogP contribution in [0.5, 0.6) is 11.5 Å². The maximum Gasteiger partial charge on any atom is 0.254 e. The molecule has 0 radical (unpaired) electrons. The molecule has 0 aromatic heterocycles. The van der Waals surface area contributed by atoms with Crippen molar-refractivity contribution in [3.63, 3.8) is 0 Å². The van der Waals surface area contributed by atoms with E-state index in [9.17, 15) is 4.79 Å². The summed E-state index contributed by atoms with van der Waals surface area (Å²) in [7, 11) is 0. The fraction of sp³-hybridized carbons (Fsp3) is 0.462. The van der Waals surface area contributed by atoms with Crippen LogP contribution in [0.3, 0.4) is 0 Å². The second-order valence-corrected chi connectivity index (χ2v) is 4.67. The van der Waals surface area contributed by atoms with E-state index in [0.29, 0.717) is 23.1 Å². The number of carbonyl (C=O) groups excluding carboxylic acids is 1. The summed E-state index contributed by atoms with van der Waals surface area (Å²) in [5, 5.41) is 3.32. The Hall–Kier alpha value is -1.46. The monoisotopic (exact) mass is 284 g/mol. The number of nitrogens with one attached hydrogen (secondary N) is 1. The lowest BCUT2D eigenvalue weighted by molar-refractivity contribution is 0.0708. The molecule has 1 N–H and O–H groups in total. The van der Waals surface area contributed by atoms with E-state index in [1.807, 2.05) is 4.90 Å². The molecule has 104 valence electrons. The SMILES string of the molecule is C[C@@H]1CN(C(=O)c2ccc3c(c2)OCO3)CCN1.Cl. The molecule has 0 unspecified atom stereocenters. The van der Waals surface area contributed by atoms with Crippen LogP contribution in [0.2, 0.25) is 0 Å². The van der Waals surface area contributed by atoms with Crippen LogP contribution in [0.15, 0.2) is 18.2 Å². The second kappa shape index (κ2) is 5.67. The van der Waals surface area contributed by atoms with Crippen molar-refractivity contribution in [1.82, 2.24) is 10.2 Å². The molecule has 5 nitrogen and oxygen atoms in total. The summed E-state index contributed by atoms with van der Waals surface area (Å²) in [6.07, 6.45) is 0. The highest BCUT2D eigenvalue weighted by Crippen LogP contribution is 2.32. The Morgan fingerprint density at radius 3 is 2.95 bits per heavy atom. The molecule has 6 heteroatoms. The van der Waals surface area contributed by atoms with Gasteiger partial charge in [-0.2, -0.15) is 0 Å². The van der Waals surface area contributed by atoms with E-state index in [1.54, 1.807) is 18.2 Å². The highest BCUT2D eigenvalue weighted by Gasteiger charge is 2.23. The molecule has 2 heterocycles. The molecule has 1 aromatic rings. The van der Waals surface area contributed by atoms with E-state index in [1.165, 1.54) is 0 Å². The van der Waals surface area contributed by atoms with Crippen molar-refractivity contribution in [2.75, 3.05) is 26.4 Å². The smallest absolute Gasteiger partial charge is 0.254 e. The van der Waals surface area contributed by atoms with E-state index in [0.717, 1.165) is 19.6 Å². The van der Waals surface area contributed by atoms with Gasteiger partial charge in [-0.15, -0.1) is 12.4 Å². The average Bonchev–Trinajstić information content (AvgIpc) is 2.85. The minimum atomic E-state index is 0. The summed E-state index contributed by atoms with van der Waals surface area (Å²) < 4.78 is 10.5. The Morgan fingerprint density at radius 1 is 1.37 bits per heavy atom. The number of amides is 1. The number of hydrogen-bond donors (Lipinski definition) is 1. The largest absolute Gasteiger partial charge is 0.454 e. The Morgan fingerprint density at radius 2 is 2.16 bits per heavy atom. The summed E-state index contributed by atoms with van der Waals surface area (Å²) in [5.74, 6) is 1.42. The van der Waals surface area contributed by atoms with Gasteiger partial charge < -0.3 is 19.7 Å². The molecule has 2 aliphatic heterocycles. The number of ether oxygens (including phenoxy) is 2. The summed E-state index contributed by atoms with van der Waals surface area (Å²) >= 11 is 0. The third kappa shape index (κ3) is 2.77. The van der Waals surface area contributed by atoms with Crippen molar-refractivity contribution in [2.24, 2.45) is 0 Å². The van der Waals surface area contributed by atoms with E-state index in [2.05, 4.69) is 12.2 Å². The molecule has 1 aromatic carbocycles. The lowest BCUT2D eigenvalue weighted by atomic mass is 10.1. The van der Waals surface area contributed by atoms with Crippen LogP contribution >= 0.6 is 12.4 Å². The fourth-order valence-corrected chi connectivity index (χ4v) is 2.33. The van der Waals surface area contributed by atoms with Crippen molar-refractivity contribution in [3.8, 4) is 11.5 Å². The summed E-state index contributed by atoms with van der Waals surface area (Å²) in [5.41, 5.74) is 0.661. The molecule has 0 spiro atoms. The molecule has 2 aliphatic rings. The van der Waals surface area contributed by atoms with E-state index >= 15 is 0 Å². The Balaban J connectivity index is 0.00000133. The zero-order valence-electron chi connectivity index (χ0n) is 10.7. The second-order valence-electron chi connectivity index (χ2n) is 4.67. The highest BCUT2D eigenvalue weighted by atomic mass is 35.5. The number of hydrogen-bond acceptors (Lipinski definition) is 4. The van der Waals surface area contributed by atoms with Crippen molar-refractivity contribution >= 4 is 18.3 Å². The molecule has 1 saturated heterocycles. The van der Waals surface area contributed by atoms with Crippen LogP contribution in [0.1, 0.15) is 17.3 Å². The Bertz CT molecular complexity index is 481. The normalized spacial score (nSPS) is 20.9. The Labute approximate surface area is 118 Å². The van der Waals surface area contributed by atoms with Crippen molar-refractivity contribution < 1.29 is 14.3 Å². The first-order valence-corrected chi connectivity index (χ1v) is 6.16. The lowest BCUT2D eigenvalue weighted by Crippen LogP contribution is -2.51. The maximum atomic E-state index is 12.3. The van der Waals surface area contributed by atoms with Crippen LogP contribution in [-0.4, -0.2) is 43.3 Å². The van der Waals surface area contributed by atoms with E-state index in [-0.39, 0.29) is 25.1 Å². The predicted octanol–water partition coefficient (Wildman–Crippen LogP) is 1.27. The maximum absolute atomic E-state index is 12.3. The molecule has 0 aliphatic carbocycles. The number of fused-ring (bicyclic) bond motifs is 1. The van der Waals surface area contributed by atoms with Gasteiger partial charge in [-0.05, 0) is 25.1 Å². The van der Waals surface area contributed by atoms with Gasteiger partial charge in [0.1, 0.15) is 0 Å². The molecule has 0 saturated carbocycles. The quantitative estimate of drug-likeness (QED) is 0.844. The zero-order valence-corrected chi connectivity index (χ0v) is 11.5. The van der Waals surface area contributed by atoms with Crippen LogP contribution in [0, 0.1) is 0 Å². The van der Waals surface area contributed by atoms with Crippen LogP contribution < -0.4 is 14.8 Å². The fourth-order valence-electron chi connectivity index (χ4n) is 2.33. The van der Waals surface area contributed by atoms with Gasteiger partial charge in [-0.3, -0.25) is 4.79 Å². The number of benzene rings is 1. The van der Waals surface area contributed by atoms with Crippen LogP contribution in [0.4, 0.5) is 0 Å². The molecule has 1 atom stereocenters. The standard InChI is InChI=1S/C13H16N2O3.ClH/c1-9-7-15(5-4-14-9)13(16)10-2-3-11-12(6-10)18-8-17-11;/h2-3,6,9,14H,4-5,7-8H2,1H3;1H/t9-;/m1./s1. The highest BCUT2D eigenvalue weighted by molar-refractivity contribution is 5.95. The van der Waals surface area contributed by atoms with E-state index in [4.69, 9.17) is 9.47 Å². The first-order chi connectivity index (χ1) is 8.74. The topological polar surface area (TPSA) is 50.8 Å². The number of halogens is 1. The molecule has 0 bridgehead atoms. The molecule has 3 rings (SSSR count). The first-order valence-electron chi connectivity index (χ1n) is 6.16. The summed E-state index contributed by atoms with van der Waals surface area (Å²) in [6.45, 7) is 4.65. The van der Waals surface area contributed by atoms with Gasteiger partial charge in [-0.25, -0.2) is 0 Å². The third-order valence-corrected chi connectivity index (χ3v) is 3.28. The van der Waals surface area contributed by atoms with Gasteiger partial charge in [0.05, 0.1) is 0 Å². The number of piperazine rings is 1. The summed E-state index contributed by atoms with van der Waals surface area (Å²) in [4.78, 5) is 14.2. The third-order valence-electron chi connectivity index (χ3n) is 3.28. The molecule has 19 heavy (non-hydrogen) atoms. The van der Waals surface area contributed by atoms with Crippen molar-refractivity contribution in [3.05, 3.63) is 23.8 Å². The van der Waals surface area contributed by atoms with Crippen LogP contribution in [-0.2, 0) is 0 Å². The van der Waals surface area contributed by atoms with Gasteiger partial charge >= 0.3 is 0 Å². The molecular weight excluding hydrogens is 268 g/mol. The van der Waals surface area contributed by atoms with Gasteiger partial charge in [0.2, 0.25) is 6.79 Å².